The number of alkyl halides is 3. The first-order valence-electron chi connectivity index (χ1n) is 4.66. The Bertz CT molecular complexity index is 281. The zero-order valence-electron chi connectivity index (χ0n) is 8.31. The summed E-state index contributed by atoms with van der Waals surface area (Å²) >= 11 is 0. The molecule has 0 saturated heterocycles. The second-order valence-electron chi connectivity index (χ2n) is 3.92. The number of halogens is 3. The monoisotopic (exact) mass is 240 g/mol. The fourth-order valence-corrected chi connectivity index (χ4v) is 2.01. The Morgan fingerprint density at radius 2 is 1.31 bits per heavy atom. The smallest absolute Gasteiger partial charge is 0.312 e. The molecule has 92 valence electrons. The maximum Gasteiger partial charge on any atom is 0.312 e. The molecule has 0 heterocycles. The lowest BCUT2D eigenvalue weighted by Crippen LogP contribution is -2.54. The van der Waals surface area contributed by atoms with Gasteiger partial charge in [0.2, 0.25) is 0 Å². The van der Waals surface area contributed by atoms with Gasteiger partial charge in [-0.05, 0) is 0 Å². The summed E-state index contributed by atoms with van der Waals surface area (Å²) in [4.78, 5) is 21.2. The Morgan fingerprint density at radius 1 is 0.875 bits per heavy atom. The molecule has 7 heteroatoms. The molecule has 1 fully saturated rings. The highest BCUT2D eigenvalue weighted by Crippen LogP contribution is 2.40. The molecule has 0 bridgehead atoms. The van der Waals surface area contributed by atoms with Crippen molar-refractivity contribution in [3.8, 4) is 0 Å². The number of carbonyl (C=O) groups is 2. The van der Waals surface area contributed by atoms with Crippen LogP contribution in [0.1, 0.15) is 6.92 Å². The van der Waals surface area contributed by atoms with Crippen LogP contribution >= 0.6 is 0 Å². The van der Waals surface area contributed by atoms with Crippen LogP contribution in [0.4, 0.5) is 13.2 Å². The maximum absolute atomic E-state index is 13.5. The molecule has 1 aliphatic carbocycles. The highest BCUT2D eigenvalue weighted by atomic mass is 19.2. The third-order valence-corrected chi connectivity index (χ3v) is 2.97. The summed E-state index contributed by atoms with van der Waals surface area (Å²) in [7, 11) is 0. The minimum absolute atomic E-state index is 1.06. The van der Waals surface area contributed by atoms with Crippen LogP contribution in [0, 0.1) is 17.8 Å². The molecule has 16 heavy (non-hydrogen) atoms. The molecular weight excluding hydrogens is 229 g/mol. The fourth-order valence-electron chi connectivity index (χ4n) is 2.01. The molecule has 6 unspecified atom stereocenters. The zero-order chi connectivity index (χ0) is 12.6. The molecule has 1 saturated carbocycles. The fraction of sp³-hybridized carbons (Fsp3) is 0.778. The van der Waals surface area contributed by atoms with Crippen molar-refractivity contribution in [2.24, 2.45) is 17.8 Å². The summed E-state index contributed by atoms with van der Waals surface area (Å²) in [5, 5.41) is 17.2. The molecule has 6 atom stereocenters. The van der Waals surface area contributed by atoms with Gasteiger partial charge < -0.3 is 10.2 Å². The Hall–Kier alpha value is -1.27. The summed E-state index contributed by atoms with van der Waals surface area (Å²) in [5.41, 5.74) is 0. The summed E-state index contributed by atoms with van der Waals surface area (Å²) in [6, 6.07) is 0. The normalized spacial score (nSPS) is 44.0. The minimum atomic E-state index is -2.52. The number of rotatable bonds is 2. The van der Waals surface area contributed by atoms with E-state index in [0.29, 0.717) is 0 Å². The first kappa shape index (κ1) is 12.8. The molecule has 0 aromatic heterocycles. The van der Waals surface area contributed by atoms with Gasteiger partial charge in [0.15, 0.2) is 0 Å². The predicted octanol–water partition coefficient (Wildman–Crippen LogP) is 1.05. The van der Waals surface area contributed by atoms with Gasteiger partial charge in [0, 0.05) is 5.92 Å². The molecule has 1 rings (SSSR count). The van der Waals surface area contributed by atoms with Gasteiger partial charge in [-0.2, -0.15) is 0 Å². The first-order chi connectivity index (χ1) is 7.29. The van der Waals surface area contributed by atoms with Crippen LogP contribution < -0.4 is 0 Å². The van der Waals surface area contributed by atoms with Crippen LogP contribution in [-0.2, 0) is 9.59 Å². The van der Waals surface area contributed by atoms with Crippen molar-refractivity contribution in [2.45, 2.75) is 25.4 Å². The van der Waals surface area contributed by atoms with E-state index in [1.807, 2.05) is 0 Å². The maximum atomic E-state index is 13.5. The second-order valence-corrected chi connectivity index (χ2v) is 3.92. The van der Waals surface area contributed by atoms with Crippen LogP contribution in [0.2, 0.25) is 0 Å². The van der Waals surface area contributed by atoms with Crippen LogP contribution in [-0.4, -0.2) is 40.7 Å². The van der Waals surface area contributed by atoms with Gasteiger partial charge in [0.1, 0.15) is 24.4 Å². The molecule has 0 spiro atoms. The first-order valence-corrected chi connectivity index (χ1v) is 4.66. The average molecular weight is 240 g/mol. The molecule has 0 aromatic carbocycles. The predicted molar refractivity (Wildman–Crippen MR) is 46.1 cm³/mol. The zero-order valence-corrected chi connectivity index (χ0v) is 8.31. The highest BCUT2D eigenvalue weighted by molar-refractivity contribution is 5.76. The van der Waals surface area contributed by atoms with Gasteiger partial charge in [-0.25, -0.2) is 13.2 Å². The lowest BCUT2D eigenvalue weighted by Gasteiger charge is -2.37. The summed E-state index contributed by atoms with van der Waals surface area (Å²) < 4.78 is 40.1. The highest BCUT2D eigenvalue weighted by Gasteiger charge is 2.56. The van der Waals surface area contributed by atoms with Crippen molar-refractivity contribution in [2.75, 3.05) is 0 Å². The van der Waals surface area contributed by atoms with Crippen molar-refractivity contribution in [3.05, 3.63) is 0 Å². The van der Waals surface area contributed by atoms with Gasteiger partial charge in [-0.1, -0.05) is 6.92 Å². The second kappa shape index (κ2) is 4.31. The van der Waals surface area contributed by atoms with Gasteiger partial charge >= 0.3 is 11.9 Å². The number of aliphatic carboxylic acids is 2. The summed E-state index contributed by atoms with van der Waals surface area (Å²) in [6.07, 6.45) is -7.22. The van der Waals surface area contributed by atoms with E-state index in [1.54, 1.807) is 0 Å². The molecule has 4 nitrogen and oxygen atoms in total. The van der Waals surface area contributed by atoms with Crippen molar-refractivity contribution < 1.29 is 33.0 Å². The largest absolute Gasteiger partial charge is 0.481 e. The van der Waals surface area contributed by atoms with Gasteiger partial charge in [0.05, 0.1) is 5.92 Å². The molecule has 0 radical (unpaired) electrons. The Balaban J connectivity index is 3.07. The van der Waals surface area contributed by atoms with E-state index in [0.717, 1.165) is 6.92 Å². The number of carboxylic acid groups (broad SMARTS) is 2. The number of carboxylic acids is 2. The van der Waals surface area contributed by atoms with E-state index < -0.39 is 48.2 Å². The third-order valence-electron chi connectivity index (χ3n) is 2.97. The van der Waals surface area contributed by atoms with Crippen LogP contribution in [0.25, 0.3) is 0 Å². The minimum Gasteiger partial charge on any atom is -0.481 e. The van der Waals surface area contributed by atoms with Gasteiger partial charge in [0.25, 0.3) is 0 Å². The van der Waals surface area contributed by atoms with Crippen molar-refractivity contribution in [3.63, 3.8) is 0 Å². The van der Waals surface area contributed by atoms with Crippen LogP contribution in [0.15, 0.2) is 0 Å². The molecule has 0 aromatic rings. The van der Waals surface area contributed by atoms with Crippen molar-refractivity contribution in [1.82, 2.24) is 0 Å². The third kappa shape index (κ3) is 1.85. The standard InChI is InChI=1S/C9H11F3O4/c1-2-3(8(13)14)6(11)4(9(15)16)7(12)5(2)10/h2-7H,1H3,(H,13,14)(H,15,16). The Kier molecular flexibility index (Phi) is 3.44. The topological polar surface area (TPSA) is 74.6 Å². The van der Waals surface area contributed by atoms with E-state index in [1.165, 1.54) is 0 Å². The van der Waals surface area contributed by atoms with Gasteiger partial charge in [-0.15, -0.1) is 0 Å². The van der Waals surface area contributed by atoms with E-state index in [-0.39, 0.29) is 0 Å². The van der Waals surface area contributed by atoms with Crippen molar-refractivity contribution >= 4 is 11.9 Å². The average Bonchev–Trinajstić information content (AvgIpc) is 2.13. The van der Waals surface area contributed by atoms with E-state index in [2.05, 4.69) is 0 Å². The van der Waals surface area contributed by atoms with Crippen LogP contribution in [0.3, 0.4) is 0 Å². The van der Waals surface area contributed by atoms with E-state index >= 15 is 0 Å². The van der Waals surface area contributed by atoms with Crippen LogP contribution in [0.5, 0.6) is 0 Å². The van der Waals surface area contributed by atoms with Gasteiger partial charge in [-0.3, -0.25) is 9.59 Å². The molecule has 2 N–H and O–H groups in total. The molecule has 0 amide bonds. The number of hydrogen-bond donors (Lipinski definition) is 2. The van der Waals surface area contributed by atoms with Crippen molar-refractivity contribution in [1.29, 1.82) is 0 Å². The number of hydrogen-bond acceptors (Lipinski definition) is 2. The quantitative estimate of drug-likeness (QED) is 0.756. The molecular formula is C9H11F3O4. The summed E-state index contributed by atoms with van der Waals surface area (Å²) in [5.74, 6) is -8.99. The lowest BCUT2D eigenvalue weighted by atomic mass is 9.71. The van der Waals surface area contributed by atoms with E-state index in [4.69, 9.17) is 10.2 Å². The molecule has 0 aliphatic heterocycles. The SMILES string of the molecule is CC1C(F)C(F)C(C(=O)O)C(F)C1C(=O)O. The lowest BCUT2D eigenvalue weighted by molar-refractivity contribution is -0.166. The van der Waals surface area contributed by atoms with E-state index in [9.17, 15) is 22.8 Å². The Morgan fingerprint density at radius 3 is 1.69 bits per heavy atom. The Labute approximate surface area is 89.1 Å². The summed E-state index contributed by atoms with van der Waals surface area (Å²) in [6.45, 7) is 1.06. The molecule has 1 aliphatic rings.